The maximum absolute atomic E-state index is 13.6. The minimum absolute atomic E-state index is 0.145. The summed E-state index contributed by atoms with van der Waals surface area (Å²) in [6, 6.07) is 18.3. The van der Waals surface area contributed by atoms with Gasteiger partial charge in [0.1, 0.15) is 6.04 Å². The Morgan fingerprint density at radius 3 is 2.26 bits per heavy atom. The maximum atomic E-state index is 13.6. The zero-order chi connectivity index (χ0) is 21.8. The average molecular weight is 546 g/mol. The molecule has 1 atom stereocenters. The van der Waals surface area contributed by atoms with Crippen LogP contribution in [0.2, 0.25) is 0 Å². The number of anilines is 1. The minimum Gasteiger partial charge on any atom is -0.274 e. The van der Waals surface area contributed by atoms with Crippen LogP contribution in [0.4, 0.5) is 5.69 Å². The highest BCUT2D eigenvalue weighted by molar-refractivity contribution is 14.1. The van der Waals surface area contributed by atoms with Gasteiger partial charge >= 0.3 is 0 Å². The van der Waals surface area contributed by atoms with Crippen LogP contribution in [0, 0.1) is 3.57 Å². The summed E-state index contributed by atoms with van der Waals surface area (Å²) in [6.07, 6.45) is 1.23. The van der Waals surface area contributed by atoms with Gasteiger partial charge in [0.25, 0.3) is 5.91 Å². The lowest BCUT2D eigenvalue weighted by Gasteiger charge is -2.27. The Bertz CT molecular complexity index is 1300. The fourth-order valence-corrected chi connectivity index (χ4v) is 6.29. The smallest absolute Gasteiger partial charge is 0.252 e. The number of carbonyl (C=O) groups excluding carboxylic acids is 2. The highest BCUT2D eigenvalue weighted by atomic mass is 127. The van der Waals surface area contributed by atoms with E-state index in [1.165, 1.54) is 4.31 Å². The lowest BCUT2D eigenvalue weighted by atomic mass is 10.1. The van der Waals surface area contributed by atoms with Gasteiger partial charge < -0.3 is 0 Å². The molecule has 3 aromatic rings. The maximum Gasteiger partial charge on any atom is 0.252 e. The highest BCUT2D eigenvalue weighted by Gasteiger charge is 2.51. The third kappa shape index (κ3) is 3.66. The second kappa shape index (κ2) is 7.68. The first kappa shape index (κ1) is 20.6. The normalized spacial score (nSPS) is 19.5. The lowest BCUT2D eigenvalue weighted by molar-refractivity contribution is -0.122. The topological polar surface area (TPSA) is 74.8 Å². The fraction of sp³-hybridized carbons (Fsp3) is 0.217. The van der Waals surface area contributed by atoms with E-state index >= 15 is 0 Å². The minimum atomic E-state index is -3.95. The predicted octanol–water partition coefficient (Wildman–Crippen LogP) is 3.93. The molecule has 1 unspecified atom stereocenters. The molecule has 0 radical (unpaired) electrons. The summed E-state index contributed by atoms with van der Waals surface area (Å²) in [7, 11) is -3.95. The Hall–Kier alpha value is -2.30. The summed E-state index contributed by atoms with van der Waals surface area (Å²) < 4.78 is 29.5. The van der Waals surface area contributed by atoms with Gasteiger partial charge in [-0.05, 0) is 82.6 Å². The van der Waals surface area contributed by atoms with Crippen molar-refractivity contribution < 1.29 is 18.0 Å². The van der Waals surface area contributed by atoms with Crippen LogP contribution < -0.4 is 4.90 Å². The fourth-order valence-electron chi connectivity index (χ4n) is 4.07. The Kier molecular flexibility index (Phi) is 5.10. The van der Waals surface area contributed by atoms with Crippen molar-refractivity contribution in [2.45, 2.75) is 36.2 Å². The summed E-state index contributed by atoms with van der Waals surface area (Å²) in [5.41, 5.74) is 0.469. The highest BCUT2D eigenvalue weighted by Crippen LogP contribution is 2.38. The number of sulfonamides is 1. The van der Waals surface area contributed by atoms with E-state index in [-0.39, 0.29) is 23.3 Å². The summed E-state index contributed by atoms with van der Waals surface area (Å²) in [5, 5.41) is 1.75. The predicted molar refractivity (Wildman–Crippen MR) is 126 cm³/mol. The molecule has 1 saturated heterocycles. The number of fused-ring (bicyclic) bond motifs is 1. The molecule has 6 nitrogen and oxygen atoms in total. The number of rotatable bonds is 5. The van der Waals surface area contributed by atoms with Gasteiger partial charge in [0.2, 0.25) is 15.9 Å². The van der Waals surface area contributed by atoms with E-state index in [0.717, 1.165) is 19.2 Å². The summed E-state index contributed by atoms with van der Waals surface area (Å²) in [5.74, 6) is -0.863. The molecule has 158 valence electrons. The molecular weight excluding hydrogens is 527 g/mol. The molecule has 1 saturated carbocycles. The molecule has 2 fully saturated rings. The number of amides is 2. The van der Waals surface area contributed by atoms with E-state index in [4.69, 9.17) is 0 Å². The molecule has 2 amide bonds. The molecule has 8 heteroatoms. The zero-order valence-electron chi connectivity index (χ0n) is 16.4. The largest absolute Gasteiger partial charge is 0.274 e. The SMILES string of the molecule is O=C1CC(N(C2CC2)S(=O)(=O)c2ccc3ccccc3c2)C(=O)N1c1ccc(I)cc1. The number of halogens is 1. The van der Waals surface area contributed by atoms with Gasteiger partial charge in [-0.3, -0.25) is 9.59 Å². The molecule has 0 bridgehead atoms. The monoisotopic (exact) mass is 546 g/mol. The first-order valence-electron chi connectivity index (χ1n) is 10.0. The molecule has 3 aromatic carbocycles. The molecular formula is C23H19IN2O4S. The van der Waals surface area contributed by atoms with Gasteiger partial charge in [-0.25, -0.2) is 13.3 Å². The summed E-state index contributed by atoms with van der Waals surface area (Å²) in [6.45, 7) is 0. The molecule has 5 rings (SSSR count). The van der Waals surface area contributed by atoms with Crippen molar-refractivity contribution >= 4 is 60.9 Å². The van der Waals surface area contributed by atoms with E-state index in [0.29, 0.717) is 18.5 Å². The van der Waals surface area contributed by atoms with Crippen molar-refractivity contribution in [1.29, 1.82) is 0 Å². The van der Waals surface area contributed by atoms with Crippen molar-refractivity contribution in [2.24, 2.45) is 0 Å². The lowest BCUT2D eigenvalue weighted by Crippen LogP contribution is -2.46. The van der Waals surface area contributed by atoms with Crippen LogP contribution in [0.5, 0.6) is 0 Å². The number of imide groups is 1. The quantitative estimate of drug-likeness (QED) is 0.359. The van der Waals surface area contributed by atoms with E-state index in [9.17, 15) is 18.0 Å². The third-order valence-corrected chi connectivity index (χ3v) is 8.39. The van der Waals surface area contributed by atoms with Crippen LogP contribution in [-0.4, -0.2) is 36.6 Å². The van der Waals surface area contributed by atoms with Crippen molar-refractivity contribution in [2.75, 3.05) is 4.90 Å². The van der Waals surface area contributed by atoms with Gasteiger partial charge in [0.15, 0.2) is 0 Å². The summed E-state index contributed by atoms with van der Waals surface area (Å²) >= 11 is 2.15. The average Bonchev–Trinajstić information content (AvgIpc) is 3.54. The van der Waals surface area contributed by atoms with Crippen molar-refractivity contribution in [3.8, 4) is 0 Å². The molecule has 2 aliphatic rings. The first-order valence-corrected chi connectivity index (χ1v) is 12.5. The number of nitrogens with zero attached hydrogens (tertiary/aromatic N) is 2. The van der Waals surface area contributed by atoms with Gasteiger partial charge in [-0.2, -0.15) is 4.31 Å². The Morgan fingerprint density at radius 2 is 1.58 bits per heavy atom. The van der Waals surface area contributed by atoms with Gasteiger partial charge in [-0.1, -0.05) is 30.3 Å². The number of hydrogen-bond donors (Lipinski definition) is 0. The zero-order valence-corrected chi connectivity index (χ0v) is 19.4. The molecule has 1 heterocycles. The standard InChI is InChI=1S/C23H19IN2O4S/c24-17-6-8-18(9-7-17)25-22(27)14-21(23(25)28)26(19-10-11-19)31(29,30)20-12-5-15-3-1-2-4-16(15)13-20/h1-9,12-13,19,21H,10-11,14H2. The van der Waals surface area contributed by atoms with Gasteiger partial charge in [-0.15, -0.1) is 0 Å². The van der Waals surface area contributed by atoms with Gasteiger partial charge in [0, 0.05) is 9.61 Å². The van der Waals surface area contributed by atoms with E-state index in [1.807, 2.05) is 36.4 Å². The molecule has 0 spiro atoms. The van der Waals surface area contributed by atoms with Crippen molar-refractivity contribution in [3.05, 3.63) is 70.3 Å². The molecule has 1 aliphatic carbocycles. The van der Waals surface area contributed by atoms with E-state index < -0.39 is 22.0 Å². The number of hydrogen-bond acceptors (Lipinski definition) is 4. The van der Waals surface area contributed by atoms with E-state index in [2.05, 4.69) is 22.6 Å². The van der Waals surface area contributed by atoms with Crippen LogP contribution in [0.3, 0.4) is 0 Å². The van der Waals surface area contributed by atoms with Crippen LogP contribution in [0.1, 0.15) is 19.3 Å². The Morgan fingerprint density at radius 1 is 0.903 bits per heavy atom. The molecule has 0 N–H and O–H groups in total. The van der Waals surface area contributed by atoms with Crippen molar-refractivity contribution in [1.82, 2.24) is 4.31 Å². The Balaban J connectivity index is 1.52. The Labute approximate surface area is 194 Å². The molecule has 1 aliphatic heterocycles. The van der Waals surface area contributed by atoms with E-state index in [1.54, 1.807) is 30.3 Å². The third-order valence-electron chi connectivity index (χ3n) is 5.72. The van der Waals surface area contributed by atoms with Crippen LogP contribution in [0.25, 0.3) is 10.8 Å². The van der Waals surface area contributed by atoms with Crippen LogP contribution >= 0.6 is 22.6 Å². The second-order valence-electron chi connectivity index (χ2n) is 7.84. The first-order chi connectivity index (χ1) is 14.9. The number of benzene rings is 3. The van der Waals surface area contributed by atoms with Crippen LogP contribution in [0.15, 0.2) is 71.6 Å². The van der Waals surface area contributed by atoms with Crippen molar-refractivity contribution in [3.63, 3.8) is 0 Å². The van der Waals surface area contributed by atoms with Crippen LogP contribution in [-0.2, 0) is 19.6 Å². The second-order valence-corrected chi connectivity index (χ2v) is 10.9. The number of carbonyl (C=O) groups is 2. The van der Waals surface area contributed by atoms with Gasteiger partial charge in [0.05, 0.1) is 17.0 Å². The molecule has 0 aromatic heterocycles. The summed E-state index contributed by atoms with van der Waals surface area (Å²) in [4.78, 5) is 27.3. The molecule has 31 heavy (non-hydrogen) atoms.